The van der Waals surface area contributed by atoms with Crippen LogP contribution < -0.4 is 5.32 Å². The lowest BCUT2D eigenvalue weighted by Gasteiger charge is -2.37. The third-order valence-electron chi connectivity index (χ3n) is 4.96. The van der Waals surface area contributed by atoms with Crippen LogP contribution in [0.3, 0.4) is 0 Å². The van der Waals surface area contributed by atoms with Gasteiger partial charge in [-0.15, -0.1) is 0 Å². The van der Waals surface area contributed by atoms with E-state index in [1.165, 1.54) is 18.2 Å². The average Bonchev–Trinajstić information content (AvgIpc) is 2.65. The van der Waals surface area contributed by atoms with Crippen LogP contribution in [-0.4, -0.2) is 56.0 Å². The number of nitrogens with one attached hydrogen (secondary N) is 1. The van der Waals surface area contributed by atoms with Crippen LogP contribution in [0.5, 0.6) is 0 Å². The molecule has 30 heavy (non-hydrogen) atoms. The van der Waals surface area contributed by atoms with Crippen LogP contribution in [0.2, 0.25) is 0 Å². The molecule has 1 aromatic carbocycles. The first-order chi connectivity index (χ1) is 14.1. The summed E-state index contributed by atoms with van der Waals surface area (Å²) in [5.74, 6) is 0.144. The number of piperidine rings is 1. The quantitative estimate of drug-likeness (QED) is 0.692. The molecule has 0 spiro atoms. The Labute approximate surface area is 180 Å². The first-order valence-electron chi connectivity index (χ1n) is 10.6. The minimum atomic E-state index is -0.521. The number of aryl methyl sites for hydroxylation is 2. The number of ether oxygens (including phenoxy) is 3. The molecule has 1 N–H and O–H groups in total. The summed E-state index contributed by atoms with van der Waals surface area (Å²) >= 11 is 0. The SMILES string of the molecule is COC(=O)NCCO[C@@H](c1cc(C)cc(C)c1)[C@@H]1CCCN(C(=O)OC(C)(C)C)C1. The summed E-state index contributed by atoms with van der Waals surface area (Å²) in [6.07, 6.45) is 0.929. The number of likely N-dealkylation sites (tertiary alicyclic amines) is 1. The van der Waals surface area contributed by atoms with Crippen molar-refractivity contribution in [2.24, 2.45) is 5.92 Å². The minimum absolute atomic E-state index is 0.144. The number of benzene rings is 1. The molecule has 7 heteroatoms. The summed E-state index contributed by atoms with van der Waals surface area (Å²) < 4.78 is 16.4. The Hall–Kier alpha value is -2.28. The number of amides is 2. The monoisotopic (exact) mass is 420 g/mol. The van der Waals surface area contributed by atoms with Gasteiger partial charge >= 0.3 is 12.2 Å². The van der Waals surface area contributed by atoms with Crippen LogP contribution in [0.25, 0.3) is 0 Å². The summed E-state index contributed by atoms with van der Waals surface area (Å²) in [5.41, 5.74) is 2.92. The highest BCUT2D eigenvalue weighted by Gasteiger charge is 2.33. The fraction of sp³-hybridized carbons (Fsp3) is 0.652. The molecule has 1 aliphatic heterocycles. The first kappa shape index (κ1) is 24.0. The van der Waals surface area contributed by atoms with Gasteiger partial charge in [-0.3, -0.25) is 0 Å². The summed E-state index contributed by atoms with van der Waals surface area (Å²) in [6, 6.07) is 6.41. The van der Waals surface area contributed by atoms with Crippen molar-refractivity contribution in [3.63, 3.8) is 0 Å². The van der Waals surface area contributed by atoms with E-state index in [0.717, 1.165) is 18.4 Å². The van der Waals surface area contributed by atoms with E-state index < -0.39 is 11.7 Å². The van der Waals surface area contributed by atoms with E-state index in [-0.39, 0.29) is 18.1 Å². The van der Waals surface area contributed by atoms with E-state index >= 15 is 0 Å². The van der Waals surface area contributed by atoms with Gasteiger partial charge in [0.25, 0.3) is 0 Å². The zero-order valence-corrected chi connectivity index (χ0v) is 19.1. The van der Waals surface area contributed by atoms with Crippen LogP contribution >= 0.6 is 0 Å². The lowest BCUT2D eigenvalue weighted by molar-refractivity contribution is -0.0246. The highest BCUT2D eigenvalue weighted by Crippen LogP contribution is 2.34. The lowest BCUT2D eigenvalue weighted by atomic mass is 9.87. The Balaban J connectivity index is 2.14. The van der Waals surface area contributed by atoms with Crippen molar-refractivity contribution in [3.05, 3.63) is 34.9 Å². The molecule has 0 radical (unpaired) electrons. The van der Waals surface area contributed by atoms with Gasteiger partial charge in [-0.1, -0.05) is 29.3 Å². The molecule has 0 unspecified atom stereocenters. The van der Waals surface area contributed by atoms with Gasteiger partial charge in [0.15, 0.2) is 0 Å². The maximum Gasteiger partial charge on any atom is 0.410 e. The Kier molecular flexibility index (Phi) is 8.53. The van der Waals surface area contributed by atoms with Crippen molar-refractivity contribution in [1.29, 1.82) is 0 Å². The Morgan fingerprint density at radius 2 is 1.87 bits per heavy atom. The smallest absolute Gasteiger partial charge is 0.410 e. The second kappa shape index (κ2) is 10.7. The summed E-state index contributed by atoms with van der Waals surface area (Å²) in [5, 5.41) is 2.65. The third-order valence-corrected chi connectivity index (χ3v) is 4.96. The number of rotatable bonds is 6. The van der Waals surface area contributed by atoms with E-state index in [4.69, 9.17) is 9.47 Å². The van der Waals surface area contributed by atoms with E-state index in [1.54, 1.807) is 4.90 Å². The number of alkyl carbamates (subject to hydrolysis) is 1. The second-order valence-electron chi connectivity index (χ2n) is 8.96. The van der Waals surface area contributed by atoms with Crippen LogP contribution in [0.1, 0.15) is 56.4 Å². The van der Waals surface area contributed by atoms with Gasteiger partial charge in [0.05, 0.1) is 19.8 Å². The molecule has 0 aliphatic carbocycles. The van der Waals surface area contributed by atoms with Crippen LogP contribution in [0, 0.1) is 19.8 Å². The van der Waals surface area contributed by atoms with E-state index in [0.29, 0.717) is 26.2 Å². The minimum Gasteiger partial charge on any atom is -0.453 e. The van der Waals surface area contributed by atoms with Gasteiger partial charge in [0.1, 0.15) is 5.60 Å². The van der Waals surface area contributed by atoms with Gasteiger partial charge < -0.3 is 24.4 Å². The number of hydrogen-bond acceptors (Lipinski definition) is 5. The molecule has 1 aromatic rings. The molecule has 1 fully saturated rings. The number of carbonyl (C=O) groups is 2. The highest BCUT2D eigenvalue weighted by molar-refractivity contribution is 5.68. The Morgan fingerprint density at radius 1 is 1.20 bits per heavy atom. The number of carbonyl (C=O) groups excluding carboxylic acids is 2. The Morgan fingerprint density at radius 3 is 2.47 bits per heavy atom. The molecular weight excluding hydrogens is 384 g/mol. The van der Waals surface area contributed by atoms with Crippen LogP contribution in [-0.2, 0) is 14.2 Å². The number of hydrogen-bond donors (Lipinski definition) is 1. The average molecular weight is 421 g/mol. The van der Waals surface area contributed by atoms with Crippen molar-refractivity contribution in [2.75, 3.05) is 33.4 Å². The molecule has 2 rings (SSSR count). The van der Waals surface area contributed by atoms with Crippen molar-refractivity contribution in [1.82, 2.24) is 10.2 Å². The van der Waals surface area contributed by atoms with Crippen LogP contribution in [0.4, 0.5) is 9.59 Å². The fourth-order valence-corrected chi connectivity index (χ4v) is 3.84. The summed E-state index contributed by atoms with van der Waals surface area (Å²) in [4.78, 5) is 25.7. The predicted octanol–water partition coefficient (Wildman–Crippen LogP) is 4.36. The molecule has 1 heterocycles. The van der Waals surface area contributed by atoms with Gasteiger partial charge in [-0.05, 0) is 53.0 Å². The van der Waals surface area contributed by atoms with E-state index in [9.17, 15) is 9.59 Å². The molecule has 0 aromatic heterocycles. The van der Waals surface area contributed by atoms with E-state index in [1.807, 2.05) is 20.8 Å². The second-order valence-corrected chi connectivity index (χ2v) is 8.96. The fourth-order valence-electron chi connectivity index (χ4n) is 3.84. The third kappa shape index (κ3) is 7.52. The van der Waals surface area contributed by atoms with Gasteiger partial charge in [-0.2, -0.15) is 0 Å². The molecular formula is C23H36N2O5. The zero-order valence-electron chi connectivity index (χ0n) is 19.1. The molecule has 1 saturated heterocycles. The van der Waals surface area contributed by atoms with Crippen LogP contribution in [0.15, 0.2) is 18.2 Å². The van der Waals surface area contributed by atoms with Crippen molar-refractivity contribution < 1.29 is 23.8 Å². The predicted molar refractivity (Wildman–Crippen MR) is 116 cm³/mol. The summed E-state index contributed by atoms with van der Waals surface area (Å²) in [7, 11) is 1.34. The standard InChI is InChI=1S/C23H36N2O5/c1-16-12-17(2)14-19(13-16)20(29-11-9-24-21(26)28-6)18-8-7-10-25(15-18)22(27)30-23(3,4)5/h12-14,18,20H,7-11,15H2,1-6H3,(H,24,26)/t18-,20-/m1/s1. The molecule has 168 valence electrons. The lowest BCUT2D eigenvalue weighted by Crippen LogP contribution is -2.44. The van der Waals surface area contributed by atoms with Crippen molar-refractivity contribution in [3.8, 4) is 0 Å². The molecule has 0 bridgehead atoms. The largest absolute Gasteiger partial charge is 0.453 e. The Bertz CT molecular complexity index is 709. The topological polar surface area (TPSA) is 77.1 Å². The number of methoxy groups -OCH3 is 1. The molecule has 1 aliphatic rings. The van der Waals surface area contributed by atoms with Gasteiger partial charge in [-0.25, -0.2) is 9.59 Å². The highest BCUT2D eigenvalue weighted by atomic mass is 16.6. The normalized spacial score (nSPS) is 17.9. The van der Waals surface area contributed by atoms with E-state index in [2.05, 4.69) is 42.1 Å². The maximum absolute atomic E-state index is 12.6. The van der Waals surface area contributed by atoms with Gasteiger partial charge in [0.2, 0.25) is 0 Å². The molecule has 0 saturated carbocycles. The first-order valence-corrected chi connectivity index (χ1v) is 10.6. The molecule has 7 nitrogen and oxygen atoms in total. The maximum atomic E-state index is 12.6. The number of nitrogens with zero attached hydrogens (tertiary/aromatic N) is 1. The van der Waals surface area contributed by atoms with Gasteiger partial charge in [0, 0.05) is 25.6 Å². The summed E-state index contributed by atoms with van der Waals surface area (Å²) in [6.45, 7) is 11.8. The molecule has 2 amide bonds. The zero-order chi connectivity index (χ0) is 22.3. The van der Waals surface area contributed by atoms with Crippen molar-refractivity contribution in [2.45, 2.75) is 59.2 Å². The van der Waals surface area contributed by atoms with Crippen molar-refractivity contribution >= 4 is 12.2 Å². The molecule has 2 atom stereocenters.